The van der Waals surface area contributed by atoms with E-state index in [1.54, 1.807) is 6.08 Å². The standard InChI is InChI=1S/C13H13NO/c1-9(2)7-13(15)11-4-3-10-5-6-14-12(10)8-11/h3-8,14H,1-2H3. The van der Waals surface area contributed by atoms with E-state index in [0.29, 0.717) is 0 Å². The van der Waals surface area contributed by atoms with Gasteiger partial charge in [0.05, 0.1) is 0 Å². The fourth-order valence-electron chi connectivity index (χ4n) is 1.55. The van der Waals surface area contributed by atoms with Crippen molar-refractivity contribution in [1.29, 1.82) is 0 Å². The van der Waals surface area contributed by atoms with Gasteiger partial charge in [-0.1, -0.05) is 17.7 Å². The molecule has 2 nitrogen and oxygen atoms in total. The lowest BCUT2D eigenvalue weighted by atomic mass is 10.1. The first-order chi connectivity index (χ1) is 7.16. The van der Waals surface area contributed by atoms with Crippen LogP contribution in [0.1, 0.15) is 24.2 Å². The molecule has 0 saturated heterocycles. The van der Waals surface area contributed by atoms with Crippen LogP contribution in [0.2, 0.25) is 0 Å². The molecular weight excluding hydrogens is 186 g/mol. The number of ketones is 1. The lowest BCUT2D eigenvalue weighted by Gasteiger charge is -1.97. The van der Waals surface area contributed by atoms with Crippen molar-refractivity contribution < 1.29 is 4.79 Å². The van der Waals surface area contributed by atoms with Gasteiger partial charge in [-0.15, -0.1) is 0 Å². The van der Waals surface area contributed by atoms with Crippen LogP contribution in [0.15, 0.2) is 42.1 Å². The molecule has 1 N–H and O–H groups in total. The summed E-state index contributed by atoms with van der Waals surface area (Å²) in [6.07, 6.45) is 3.53. The van der Waals surface area contributed by atoms with E-state index in [0.717, 1.165) is 22.0 Å². The number of rotatable bonds is 2. The molecule has 15 heavy (non-hydrogen) atoms. The Morgan fingerprint density at radius 3 is 2.80 bits per heavy atom. The third kappa shape index (κ3) is 1.99. The first kappa shape index (κ1) is 9.71. The third-order valence-corrected chi connectivity index (χ3v) is 2.26. The lowest BCUT2D eigenvalue weighted by molar-refractivity contribution is 0.104. The molecule has 0 bridgehead atoms. The number of carbonyl (C=O) groups excluding carboxylic acids is 1. The van der Waals surface area contributed by atoms with Gasteiger partial charge >= 0.3 is 0 Å². The molecule has 1 aromatic carbocycles. The van der Waals surface area contributed by atoms with Gasteiger partial charge < -0.3 is 4.98 Å². The zero-order valence-corrected chi connectivity index (χ0v) is 8.87. The summed E-state index contributed by atoms with van der Waals surface area (Å²) in [4.78, 5) is 14.8. The number of fused-ring (bicyclic) bond motifs is 1. The minimum absolute atomic E-state index is 0.0616. The van der Waals surface area contributed by atoms with Gasteiger partial charge in [-0.25, -0.2) is 0 Å². The highest BCUT2D eigenvalue weighted by Crippen LogP contribution is 2.15. The minimum atomic E-state index is 0.0616. The molecule has 1 aromatic heterocycles. The summed E-state index contributed by atoms with van der Waals surface area (Å²) in [5.74, 6) is 0.0616. The molecule has 1 heterocycles. The summed E-state index contributed by atoms with van der Waals surface area (Å²) in [5, 5.41) is 1.13. The van der Waals surface area contributed by atoms with E-state index >= 15 is 0 Å². The maximum atomic E-state index is 11.7. The van der Waals surface area contributed by atoms with Crippen LogP contribution in [0.25, 0.3) is 10.9 Å². The zero-order chi connectivity index (χ0) is 10.8. The first-order valence-corrected chi connectivity index (χ1v) is 4.93. The van der Waals surface area contributed by atoms with Crippen LogP contribution in [0.3, 0.4) is 0 Å². The molecule has 0 saturated carbocycles. The molecule has 0 spiro atoms. The Bertz CT molecular complexity index is 530. The van der Waals surface area contributed by atoms with E-state index in [4.69, 9.17) is 0 Å². The van der Waals surface area contributed by atoms with Crippen LogP contribution < -0.4 is 0 Å². The van der Waals surface area contributed by atoms with Crippen molar-refractivity contribution in [3.05, 3.63) is 47.7 Å². The lowest BCUT2D eigenvalue weighted by Crippen LogP contribution is -1.94. The number of H-pyrrole nitrogens is 1. The van der Waals surface area contributed by atoms with Crippen LogP contribution >= 0.6 is 0 Å². The average Bonchev–Trinajstić information content (AvgIpc) is 2.62. The van der Waals surface area contributed by atoms with Crippen molar-refractivity contribution in [2.75, 3.05) is 0 Å². The molecule has 0 fully saturated rings. The van der Waals surface area contributed by atoms with E-state index in [1.165, 1.54) is 0 Å². The molecule has 2 rings (SSSR count). The van der Waals surface area contributed by atoms with Gasteiger partial charge in [0.15, 0.2) is 5.78 Å². The zero-order valence-electron chi connectivity index (χ0n) is 8.87. The minimum Gasteiger partial charge on any atom is -0.361 e. The highest BCUT2D eigenvalue weighted by Gasteiger charge is 2.03. The van der Waals surface area contributed by atoms with Crippen molar-refractivity contribution in [3.63, 3.8) is 0 Å². The molecule has 0 aliphatic heterocycles. The van der Waals surface area contributed by atoms with Crippen LogP contribution in [-0.4, -0.2) is 10.8 Å². The molecule has 0 aliphatic carbocycles. The Morgan fingerprint density at radius 1 is 1.27 bits per heavy atom. The number of benzene rings is 1. The average molecular weight is 199 g/mol. The smallest absolute Gasteiger partial charge is 0.185 e. The SMILES string of the molecule is CC(C)=CC(=O)c1ccc2cc[nH]c2c1. The Kier molecular flexibility index (Phi) is 2.42. The van der Waals surface area contributed by atoms with Crippen LogP contribution in [0.5, 0.6) is 0 Å². The fourth-order valence-corrected chi connectivity index (χ4v) is 1.55. The number of aromatic amines is 1. The van der Waals surface area contributed by atoms with Gasteiger partial charge in [0.2, 0.25) is 0 Å². The number of allylic oxidation sites excluding steroid dienone is 2. The quantitative estimate of drug-likeness (QED) is 0.584. The molecule has 0 atom stereocenters. The Balaban J connectivity index is 2.44. The summed E-state index contributed by atoms with van der Waals surface area (Å²) in [6, 6.07) is 7.69. The number of aromatic nitrogens is 1. The molecular formula is C13H13NO. The Labute approximate surface area is 88.6 Å². The predicted molar refractivity (Wildman–Crippen MR) is 62.1 cm³/mol. The van der Waals surface area contributed by atoms with Gasteiger partial charge in [0.1, 0.15) is 0 Å². The second-order valence-electron chi connectivity index (χ2n) is 3.87. The second-order valence-corrected chi connectivity index (χ2v) is 3.87. The molecule has 76 valence electrons. The van der Waals surface area contributed by atoms with Gasteiger partial charge in [-0.05, 0) is 37.4 Å². The van der Waals surface area contributed by atoms with Crippen LogP contribution in [-0.2, 0) is 0 Å². The third-order valence-electron chi connectivity index (χ3n) is 2.26. The molecule has 0 amide bonds. The monoisotopic (exact) mass is 199 g/mol. The van der Waals surface area contributed by atoms with E-state index < -0.39 is 0 Å². The molecule has 0 unspecified atom stereocenters. The van der Waals surface area contributed by atoms with Crippen molar-refractivity contribution >= 4 is 16.7 Å². The van der Waals surface area contributed by atoms with Gasteiger partial charge in [0.25, 0.3) is 0 Å². The van der Waals surface area contributed by atoms with Gasteiger partial charge in [-0.3, -0.25) is 4.79 Å². The van der Waals surface area contributed by atoms with Crippen molar-refractivity contribution in [2.45, 2.75) is 13.8 Å². The van der Waals surface area contributed by atoms with E-state index in [2.05, 4.69) is 4.98 Å². The highest BCUT2D eigenvalue weighted by atomic mass is 16.1. The largest absolute Gasteiger partial charge is 0.361 e. The summed E-state index contributed by atoms with van der Waals surface area (Å²) in [7, 11) is 0. The molecule has 0 aliphatic rings. The van der Waals surface area contributed by atoms with Crippen molar-refractivity contribution in [1.82, 2.24) is 4.98 Å². The Morgan fingerprint density at radius 2 is 2.07 bits per heavy atom. The number of hydrogen-bond acceptors (Lipinski definition) is 1. The predicted octanol–water partition coefficient (Wildman–Crippen LogP) is 3.32. The fraction of sp³-hybridized carbons (Fsp3) is 0.154. The van der Waals surface area contributed by atoms with Crippen molar-refractivity contribution in [2.24, 2.45) is 0 Å². The van der Waals surface area contributed by atoms with Crippen LogP contribution in [0, 0.1) is 0 Å². The number of nitrogens with one attached hydrogen (secondary N) is 1. The maximum Gasteiger partial charge on any atom is 0.185 e. The summed E-state index contributed by atoms with van der Waals surface area (Å²) in [6.45, 7) is 3.84. The molecule has 0 radical (unpaired) electrons. The first-order valence-electron chi connectivity index (χ1n) is 4.93. The van der Waals surface area contributed by atoms with E-state index in [-0.39, 0.29) is 5.78 Å². The van der Waals surface area contributed by atoms with Crippen LogP contribution in [0.4, 0.5) is 0 Å². The Hall–Kier alpha value is -1.83. The van der Waals surface area contributed by atoms with Crippen molar-refractivity contribution in [3.8, 4) is 0 Å². The maximum absolute atomic E-state index is 11.7. The topological polar surface area (TPSA) is 32.9 Å². The number of hydrogen-bond donors (Lipinski definition) is 1. The van der Waals surface area contributed by atoms with E-state index in [9.17, 15) is 4.79 Å². The molecule has 2 aromatic rings. The summed E-state index contributed by atoms with van der Waals surface area (Å²) < 4.78 is 0. The molecule has 2 heteroatoms. The highest BCUT2D eigenvalue weighted by molar-refractivity contribution is 6.06. The number of carbonyl (C=O) groups is 1. The van der Waals surface area contributed by atoms with E-state index in [1.807, 2.05) is 44.3 Å². The van der Waals surface area contributed by atoms with Gasteiger partial charge in [0, 0.05) is 17.3 Å². The second kappa shape index (κ2) is 3.73. The summed E-state index contributed by atoms with van der Waals surface area (Å²) >= 11 is 0. The summed E-state index contributed by atoms with van der Waals surface area (Å²) in [5.41, 5.74) is 2.75. The normalized spacial score (nSPS) is 10.3. The van der Waals surface area contributed by atoms with Gasteiger partial charge in [-0.2, -0.15) is 0 Å².